The van der Waals surface area contributed by atoms with Gasteiger partial charge in [0.05, 0.1) is 0 Å². The van der Waals surface area contributed by atoms with E-state index >= 15 is 0 Å². The molecule has 0 aliphatic carbocycles. The number of anilines is 1. The van der Waals surface area contributed by atoms with Crippen LogP contribution in [0.2, 0.25) is 0 Å². The molecule has 0 atom stereocenters. The van der Waals surface area contributed by atoms with Crippen molar-refractivity contribution in [3.8, 4) is 0 Å². The highest BCUT2D eigenvalue weighted by atomic mass is 16.1. The predicted molar refractivity (Wildman–Crippen MR) is 63.7 cm³/mol. The Labute approximate surface area is 91.5 Å². The first-order valence-electron chi connectivity index (χ1n) is 5.58. The van der Waals surface area contributed by atoms with Gasteiger partial charge in [0.2, 0.25) is 0 Å². The fraction of sp³-hybridized carbons (Fsp3) is 0.462. The quantitative estimate of drug-likeness (QED) is 0.573. The summed E-state index contributed by atoms with van der Waals surface area (Å²) in [5.74, 6) is 0.327. The highest BCUT2D eigenvalue weighted by Crippen LogP contribution is 2.08. The summed E-state index contributed by atoms with van der Waals surface area (Å²) in [4.78, 5) is 11.5. The molecule has 2 nitrogen and oxygen atoms in total. The molecule has 0 saturated carbocycles. The fourth-order valence-corrected chi connectivity index (χ4v) is 1.52. The number of hydrogen-bond acceptors (Lipinski definition) is 2. The Kier molecular flexibility index (Phi) is 4.88. The summed E-state index contributed by atoms with van der Waals surface area (Å²) in [6, 6.07) is 7.53. The summed E-state index contributed by atoms with van der Waals surface area (Å²) in [5, 5.41) is 0. The summed E-state index contributed by atoms with van der Waals surface area (Å²) < 4.78 is 0. The molecule has 0 saturated heterocycles. The minimum atomic E-state index is 0.327. The number of nitrogens with two attached hydrogens (primary N) is 1. The number of benzene rings is 1. The highest BCUT2D eigenvalue weighted by molar-refractivity contribution is 5.80. The molecule has 0 radical (unpaired) electrons. The molecule has 82 valence electrons. The maximum absolute atomic E-state index is 11.5. The zero-order chi connectivity index (χ0) is 11.1. The molecule has 0 aliphatic heterocycles. The summed E-state index contributed by atoms with van der Waals surface area (Å²) in [6.07, 6.45) is 4.58. The standard InChI is InChI=1S/C13H19NO/c1-2-3-4-5-13(15)10-11-6-8-12(14)9-7-11/h6-9H,2-5,10,14H2,1H3. The molecule has 15 heavy (non-hydrogen) atoms. The first-order chi connectivity index (χ1) is 7.22. The number of nitrogen functional groups attached to an aromatic ring is 1. The minimum absolute atomic E-state index is 0.327. The number of rotatable bonds is 6. The number of carbonyl (C=O) groups excluding carboxylic acids is 1. The van der Waals surface area contributed by atoms with E-state index in [2.05, 4.69) is 6.92 Å². The molecular weight excluding hydrogens is 186 g/mol. The SMILES string of the molecule is CCCCCC(=O)Cc1ccc(N)cc1. The zero-order valence-corrected chi connectivity index (χ0v) is 9.33. The third-order valence-corrected chi connectivity index (χ3v) is 2.44. The zero-order valence-electron chi connectivity index (χ0n) is 9.33. The summed E-state index contributed by atoms with van der Waals surface area (Å²) in [5.41, 5.74) is 7.38. The fourth-order valence-electron chi connectivity index (χ4n) is 1.52. The van der Waals surface area contributed by atoms with Crippen molar-refractivity contribution >= 4 is 11.5 Å². The van der Waals surface area contributed by atoms with E-state index in [1.54, 1.807) is 0 Å². The Morgan fingerprint density at radius 3 is 2.47 bits per heavy atom. The Bertz CT molecular complexity index is 303. The van der Waals surface area contributed by atoms with Crippen LogP contribution in [0.5, 0.6) is 0 Å². The number of hydrogen-bond donors (Lipinski definition) is 1. The molecule has 0 fully saturated rings. The topological polar surface area (TPSA) is 43.1 Å². The normalized spacial score (nSPS) is 10.2. The molecule has 0 aromatic heterocycles. The van der Waals surface area contributed by atoms with Gasteiger partial charge in [0.25, 0.3) is 0 Å². The Balaban J connectivity index is 2.34. The van der Waals surface area contributed by atoms with Gasteiger partial charge in [-0.05, 0) is 24.1 Å². The summed E-state index contributed by atoms with van der Waals surface area (Å²) in [7, 11) is 0. The Morgan fingerprint density at radius 2 is 1.87 bits per heavy atom. The molecule has 2 N–H and O–H groups in total. The first-order valence-corrected chi connectivity index (χ1v) is 5.58. The van der Waals surface area contributed by atoms with Gasteiger partial charge in [0.1, 0.15) is 5.78 Å². The second kappa shape index (κ2) is 6.23. The van der Waals surface area contributed by atoms with E-state index in [1.165, 1.54) is 0 Å². The van der Waals surface area contributed by atoms with Crippen molar-refractivity contribution in [3.05, 3.63) is 29.8 Å². The Morgan fingerprint density at radius 1 is 1.20 bits per heavy atom. The van der Waals surface area contributed by atoms with Crippen LogP contribution in [-0.4, -0.2) is 5.78 Å². The number of Topliss-reactive ketones (excluding diaryl/α,β-unsaturated/α-hetero) is 1. The van der Waals surface area contributed by atoms with Crippen molar-refractivity contribution in [2.45, 2.75) is 39.0 Å². The van der Waals surface area contributed by atoms with Crippen LogP contribution >= 0.6 is 0 Å². The molecule has 0 amide bonds. The predicted octanol–water partition coefficient (Wildman–Crippen LogP) is 2.96. The van der Waals surface area contributed by atoms with E-state index in [4.69, 9.17) is 5.73 Å². The highest BCUT2D eigenvalue weighted by Gasteiger charge is 2.02. The van der Waals surface area contributed by atoms with E-state index in [9.17, 15) is 4.79 Å². The lowest BCUT2D eigenvalue weighted by Gasteiger charge is -2.01. The third-order valence-electron chi connectivity index (χ3n) is 2.44. The summed E-state index contributed by atoms with van der Waals surface area (Å²) in [6.45, 7) is 2.14. The van der Waals surface area contributed by atoms with Crippen molar-refractivity contribution < 1.29 is 4.79 Å². The van der Waals surface area contributed by atoms with Crippen LogP contribution in [0.4, 0.5) is 5.69 Å². The van der Waals surface area contributed by atoms with Crippen molar-refractivity contribution in [1.29, 1.82) is 0 Å². The van der Waals surface area contributed by atoms with Crippen molar-refractivity contribution in [2.75, 3.05) is 5.73 Å². The third kappa shape index (κ3) is 4.63. The van der Waals surface area contributed by atoms with Crippen LogP contribution in [-0.2, 0) is 11.2 Å². The van der Waals surface area contributed by atoms with Gasteiger partial charge in [-0.15, -0.1) is 0 Å². The number of unbranched alkanes of at least 4 members (excludes halogenated alkanes) is 2. The molecule has 0 heterocycles. The number of ketones is 1. The molecule has 0 bridgehead atoms. The van der Waals surface area contributed by atoms with Gasteiger partial charge in [-0.2, -0.15) is 0 Å². The first kappa shape index (κ1) is 11.8. The van der Waals surface area contributed by atoms with Crippen LogP contribution in [0.25, 0.3) is 0 Å². The van der Waals surface area contributed by atoms with Gasteiger partial charge in [0, 0.05) is 18.5 Å². The van der Waals surface area contributed by atoms with Crippen LogP contribution in [0.3, 0.4) is 0 Å². The van der Waals surface area contributed by atoms with Gasteiger partial charge >= 0.3 is 0 Å². The van der Waals surface area contributed by atoms with Crippen LogP contribution in [0.15, 0.2) is 24.3 Å². The van der Waals surface area contributed by atoms with Gasteiger partial charge in [-0.25, -0.2) is 0 Å². The van der Waals surface area contributed by atoms with Crippen molar-refractivity contribution in [2.24, 2.45) is 0 Å². The van der Waals surface area contributed by atoms with E-state index in [0.29, 0.717) is 18.6 Å². The van der Waals surface area contributed by atoms with Gasteiger partial charge in [-0.3, -0.25) is 4.79 Å². The average Bonchev–Trinajstić information content (AvgIpc) is 2.22. The van der Waals surface area contributed by atoms with Gasteiger partial charge in [0.15, 0.2) is 0 Å². The van der Waals surface area contributed by atoms with E-state index in [0.717, 1.165) is 30.5 Å². The van der Waals surface area contributed by atoms with E-state index in [-0.39, 0.29) is 0 Å². The van der Waals surface area contributed by atoms with Crippen molar-refractivity contribution in [1.82, 2.24) is 0 Å². The van der Waals surface area contributed by atoms with Gasteiger partial charge in [-0.1, -0.05) is 31.9 Å². The molecule has 1 rings (SSSR count). The molecule has 0 unspecified atom stereocenters. The summed E-state index contributed by atoms with van der Waals surface area (Å²) >= 11 is 0. The molecule has 0 spiro atoms. The molecular formula is C13H19NO. The van der Waals surface area contributed by atoms with Crippen LogP contribution < -0.4 is 5.73 Å². The molecule has 2 heteroatoms. The maximum Gasteiger partial charge on any atom is 0.137 e. The monoisotopic (exact) mass is 205 g/mol. The Hall–Kier alpha value is -1.31. The average molecular weight is 205 g/mol. The minimum Gasteiger partial charge on any atom is -0.399 e. The molecule has 0 aliphatic rings. The van der Waals surface area contributed by atoms with Crippen LogP contribution in [0, 0.1) is 0 Å². The second-order valence-corrected chi connectivity index (χ2v) is 3.91. The lowest BCUT2D eigenvalue weighted by Crippen LogP contribution is -2.02. The van der Waals surface area contributed by atoms with Crippen molar-refractivity contribution in [3.63, 3.8) is 0 Å². The van der Waals surface area contributed by atoms with E-state index in [1.807, 2.05) is 24.3 Å². The van der Waals surface area contributed by atoms with Gasteiger partial charge < -0.3 is 5.73 Å². The number of carbonyl (C=O) groups is 1. The smallest absolute Gasteiger partial charge is 0.137 e. The lowest BCUT2D eigenvalue weighted by molar-refractivity contribution is -0.118. The molecule has 1 aromatic rings. The molecule has 1 aromatic carbocycles. The second-order valence-electron chi connectivity index (χ2n) is 3.91. The van der Waals surface area contributed by atoms with Crippen LogP contribution in [0.1, 0.15) is 38.2 Å². The largest absolute Gasteiger partial charge is 0.399 e. The lowest BCUT2D eigenvalue weighted by atomic mass is 10.0. The maximum atomic E-state index is 11.5. The van der Waals surface area contributed by atoms with E-state index < -0.39 is 0 Å².